The second-order valence-corrected chi connectivity index (χ2v) is 35.6. The summed E-state index contributed by atoms with van der Waals surface area (Å²) < 4.78 is 21.6. The summed E-state index contributed by atoms with van der Waals surface area (Å²) in [6, 6.07) is 0. The van der Waals surface area contributed by atoms with Crippen LogP contribution in [-0.2, 0) is 38.1 Å². The fraction of sp³-hybridized carbons (Fsp3) is 0.938. The predicted molar refractivity (Wildman–Crippen MR) is 503 cm³/mol. The van der Waals surface area contributed by atoms with Crippen molar-refractivity contribution < 1.29 is 38.1 Å². The summed E-state index contributed by atoms with van der Waals surface area (Å²) in [5.41, 5.74) is 0. The molecule has 1 aliphatic heterocycles. The van der Waals surface area contributed by atoms with Gasteiger partial charge in [-0.1, -0.05) is 388 Å². The van der Waals surface area contributed by atoms with Crippen LogP contribution in [0.4, 0.5) is 0 Å². The average molecular weight is 1680 g/mol. The first kappa shape index (κ1) is 118. The van der Waals surface area contributed by atoms with Crippen molar-refractivity contribution in [3.63, 3.8) is 0 Å². The van der Waals surface area contributed by atoms with E-state index in [4.69, 9.17) is 61.8 Å². The Morgan fingerprint density at radius 3 is 0.619 bits per heavy atom. The highest BCUT2D eigenvalue weighted by atomic mass is 35.5. The molecule has 1 heterocycles. The van der Waals surface area contributed by atoms with Crippen molar-refractivity contribution in [2.45, 2.75) is 427 Å². The zero-order valence-corrected chi connectivity index (χ0v) is 81.7. The van der Waals surface area contributed by atoms with Crippen LogP contribution in [0.25, 0.3) is 0 Å². The zero-order chi connectivity index (χ0) is 85.5. The van der Waals surface area contributed by atoms with Gasteiger partial charge in [-0.15, -0.1) is 0 Å². The molecule has 10 unspecified atom stereocenters. The number of rotatable bonds is 72. The van der Waals surface area contributed by atoms with Crippen molar-refractivity contribution in [2.75, 3.05) is 105 Å². The first-order chi connectivity index (χ1) is 54.6. The highest BCUT2D eigenvalue weighted by molar-refractivity contribution is 7.80. The molecule has 0 spiro atoms. The number of carbonyl (C=O) groups excluding carboxylic acids is 4. The Hall–Kier alpha value is -1.52. The molecule has 0 bridgehead atoms. The topological polar surface area (TPSA) is 118 Å². The SMILES string of the molecule is C1CCOC1.CCCCC(CC)CCCC(CC)CCCC.CCCCC(CC)CN(CC(CC)CCCC)C(=O)COCC(=O)N(CC(CC)CCCC)CC(CC)CCCC.CCCCC(CC)CN(CC(CC)CCCC)C(=S)COCC(=S)N(CC(CC)CCCC)CC(CC)CCCC.O=C(Cl)COCC(=O)Cl. The minimum atomic E-state index is -0.645. The van der Waals surface area contributed by atoms with Crippen LogP contribution in [0.15, 0.2) is 0 Å². The lowest BCUT2D eigenvalue weighted by molar-refractivity contribution is -0.143. The van der Waals surface area contributed by atoms with Crippen LogP contribution in [-0.4, -0.2) is 157 Å². The van der Waals surface area contributed by atoms with Gasteiger partial charge in [0.1, 0.15) is 36.4 Å². The molecule has 674 valence electrons. The van der Waals surface area contributed by atoms with Crippen molar-refractivity contribution >= 4 is 79.9 Å². The average Bonchev–Trinajstić information content (AvgIpc) is 1.43. The number of ether oxygens (including phenoxy) is 4. The van der Waals surface area contributed by atoms with E-state index >= 15 is 0 Å². The number of amides is 2. The molecule has 0 aromatic carbocycles. The van der Waals surface area contributed by atoms with Crippen molar-refractivity contribution in [2.24, 2.45) is 59.2 Å². The largest absolute Gasteiger partial charge is 0.381 e. The number of nitrogens with zero attached hydrogens (tertiary/aromatic N) is 4. The van der Waals surface area contributed by atoms with E-state index in [1.54, 1.807) is 0 Å². The molecule has 1 rings (SSSR count). The van der Waals surface area contributed by atoms with E-state index in [2.05, 4.69) is 163 Å². The molecule has 0 N–H and O–H groups in total. The highest BCUT2D eigenvalue weighted by Gasteiger charge is 2.27. The molecule has 2 amide bonds. The van der Waals surface area contributed by atoms with Crippen molar-refractivity contribution in [1.29, 1.82) is 0 Å². The van der Waals surface area contributed by atoms with Crippen LogP contribution in [0.1, 0.15) is 427 Å². The second-order valence-electron chi connectivity index (χ2n) is 33.8. The minimum absolute atomic E-state index is 0.00802. The molecule has 1 fully saturated rings. The maximum Gasteiger partial charge on any atom is 0.248 e. The van der Waals surface area contributed by atoms with Gasteiger partial charge in [0.05, 0.1) is 13.2 Å². The van der Waals surface area contributed by atoms with E-state index in [9.17, 15) is 19.2 Å². The molecule has 0 aromatic heterocycles. The van der Waals surface area contributed by atoms with Crippen LogP contribution in [0, 0.1) is 59.2 Å². The molecular weight excluding hydrogens is 1480 g/mol. The van der Waals surface area contributed by atoms with E-state index in [1.165, 1.54) is 263 Å². The maximum atomic E-state index is 13.5. The van der Waals surface area contributed by atoms with E-state index < -0.39 is 10.5 Å². The second kappa shape index (κ2) is 86.8. The third-order valence-corrected chi connectivity index (χ3v) is 25.0. The Bertz CT molecular complexity index is 1790. The van der Waals surface area contributed by atoms with Gasteiger partial charge in [-0.3, -0.25) is 19.2 Å². The normalized spacial score (nSPS) is 14.5. The van der Waals surface area contributed by atoms with Crippen molar-refractivity contribution in [3.05, 3.63) is 0 Å². The lowest BCUT2D eigenvalue weighted by Crippen LogP contribution is -2.43. The monoisotopic (exact) mass is 1680 g/mol. The van der Waals surface area contributed by atoms with Gasteiger partial charge in [0.15, 0.2) is 0 Å². The van der Waals surface area contributed by atoms with E-state index in [0.717, 1.165) is 113 Å². The molecule has 0 radical (unpaired) electrons. The molecule has 0 saturated carbocycles. The molecule has 1 aliphatic rings. The van der Waals surface area contributed by atoms with Gasteiger partial charge in [-0.2, -0.15) is 0 Å². The molecule has 10 atom stereocenters. The molecule has 16 heteroatoms. The number of halogens is 2. The number of hydrogen-bond donors (Lipinski definition) is 0. The van der Waals surface area contributed by atoms with E-state index in [0.29, 0.717) is 60.6 Å². The Morgan fingerprint density at radius 1 is 0.265 bits per heavy atom. The lowest BCUT2D eigenvalue weighted by atomic mass is 9.89. The molecule has 0 aromatic rings. The predicted octanol–water partition coefficient (Wildman–Crippen LogP) is 28.6. The first-order valence-electron chi connectivity index (χ1n) is 48.3. The summed E-state index contributed by atoms with van der Waals surface area (Å²) >= 11 is 21.8. The van der Waals surface area contributed by atoms with Crippen LogP contribution >= 0.6 is 47.6 Å². The summed E-state index contributed by atoms with van der Waals surface area (Å²) in [5, 5.41) is -1.29. The van der Waals surface area contributed by atoms with Gasteiger partial charge in [0.2, 0.25) is 22.3 Å². The van der Waals surface area contributed by atoms with Crippen LogP contribution in [0.2, 0.25) is 0 Å². The van der Waals surface area contributed by atoms with Crippen LogP contribution in [0.3, 0.4) is 0 Å². The smallest absolute Gasteiger partial charge is 0.248 e. The fourth-order valence-corrected chi connectivity index (χ4v) is 15.9. The lowest BCUT2D eigenvalue weighted by Gasteiger charge is -2.34. The standard InChI is InChI=1S/C36H72N2O3.C36H72N2OS2.C17H36.C4H4Cl2O3.C4H8O/c1-9-17-21-31(13-5)25-37(26-32(14-6)22-18-10-2)35(39)29-41-30-36(40)38(27-33(15-7)23-19-11-3)28-34(16-8)24-20-12-4;1-9-17-21-31(13-5)25-37(26-32(14-6)22-18-10-2)35(40)29-39-30-36(41)38(27-33(15-7)23-19-11-3)28-34(16-8)24-20-12-4;1-5-9-12-16(7-3)14-11-15-17(8-4)13-10-6-2;5-3(7)1-9-2-4(6)8;1-2-4-5-3-1/h2*31-34H,9-30H2,1-8H3;16-17H,5-15H2,1-4H3;1-2H2;1-4H2. The Kier molecular flexibility index (Phi) is 90.5. The Balaban J connectivity index is -0.000000764. The molecule has 0 aliphatic carbocycles. The maximum absolute atomic E-state index is 13.5. The quantitative estimate of drug-likeness (QED) is 0.0426. The molecule has 12 nitrogen and oxygen atoms in total. The van der Waals surface area contributed by atoms with Crippen LogP contribution < -0.4 is 0 Å². The van der Waals surface area contributed by atoms with Gasteiger partial charge in [0, 0.05) is 65.6 Å². The number of thiocarbonyl (C=S) groups is 2. The Labute approximate surface area is 724 Å². The number of carbonyl (C=O) groups is 4. The van der Waals surface area contributed by atoms with Crippen molar-refractivity contribution in [3.8, 4) is 0 Å². The summed E-state index contributed by atoms with van der Waals surface area (Å²) in [5.74, 6) is 7.07. The summed E-state index contributed by atoms with van der Waals surface area (Å²) in [6.45, 7) is 55.9. The summed E-state index contributed by atoms with van der Waals surface area (Å²) in [4.78, 5) is 58.0. The van der Waals surface area contributed by atoms with Gasteiger partial charge < -0.3 is 38.5 Å². The van der Waals surface area contributed by atoms with Gasteiger partial charge >= 0.3 is 0 Å². The highest BCUT2D eigenvalue weighted by Crippen LogP contribution is 2.28. The summed E-state index contributed by atoms with van der Waals surface area (Å²) in [6.07, 6.45) is 57.3. The molecule has 1 saturated heterocycles. The summed E-state index contributed by atoms with van der Waals surface area (Å²) in [7, 11) is 0. The van der Waals surface area contributed by atoms with E-state index in [1.807, 2.05) is 0 Å². The molecule has 113 heavy (non-hydrogen) atoms. The van der Waals surface area contributed by atoms with Crippen LogP contribution in [0.5, 0.6) is 0 Å². The van der Waals surface area contributed by atoms with Crippen molar-refractivity contribution in [1.82, 2.24) is 19.6 Å². The molecular formula is C97H192Cl2N4O8S2. The number of unbranched alkanes of at least 4 members (excludes halogenated alkanes) is 10. The zero-order valence-electron chi connectivity index (χ0n) is 78.5. The number of hydrogen-bond acceptors (Lipinski definition) is 10. The minimum Gasteiger partial charge on any atom is -0.381 e. The van der Waals surface area contributed by atoms with Gasteiger partial charge in [-0.05, 0) is 147 Å². The van der Waals surface area contributed by atoms with E-state index in [-0.39, 0.29) is 38.2 Å². The Morgan fingerprint density at radius 2 is 0.442 bits per heavy atom. The third kappa shape index (κ3) is 70.8. The van der Waals surface area contributed by atoms with Gasteiger partial charge in [0.25, 0.3) is 0 Å². The van der Waals surface area contributed by atoms with Gasteiger partial charge in [-0.25, -0.2) is 0 Å². The first-order valence-corrected chi connectivity index (χ1v) is 49.9. The fourth-order valence-electron chi connectivity index (χ4n) is 15.3. The third-order valence-electron chi connectivity index (χ3n) is 24.1.